The lowest BCUT2D eigenvalue weighted by molar-refractivity contribution is -0.0647. The Morgan fingerprint density at radius 3 is 1.90 bits per heavy atom. The van der Waals surface area contributed by atoms with E-state index >= 15 is 0 Å². The average Bonchev–Trinajstić information content (AvgIpc) is 1.86. The lowest BCUT2D eigenvalue weighted by Gasteiger charge is -2.26. The van der Waals surface area contributed by atoms with Crippen LogP contribution in [-0.2, 0) is 0 Å². The van der Waals surface area contributed by atoms with Gasteiger partial charge in [0.2, 0.25) is 0 Å². The molecule has 3 nitrogen and oxygen atoms in total. The van der Waals surface area contributed by atoms with Crippen LogP contribution in [0.1, 0.15) is 33.6 Å². The van der Waals surface area contributed by atoms with E-state index in [1.807, 2.05) is 13.8 Å². The van der Waals surface area contributed by atoms with Crippen LogP contribution in [0.25, 0.3) is 0 Å². The van der Waals surface area contributed by atoms with Crippen LogP contribution >= 0.6 is 0 Å². The summed E-state index contributed by atoms with van der Waals surface area (Å²) in [6.07, 6.45) is 0.630. The zero-order valence-corrected chi connectivity index (χ0v) is 7.09. The average molecular weight is 149 g/mol. The number of hydrogen-bond acceptors (Lipinski definition) is 3. The molecule has 0 amide bonds. The Morgan fingerprint density at radius 2 is 1.80 bits per heavy atom. The van der Waals surface area contributed by atoms with Crippen LogP contribution in [0.15, 0.2) is 0 Å². The first kappa shape index (κ1) is 12.5. The van der Waals surface area contributed by atoms with Gasteiger partial charge in [0, 0.05) is 0 Å². The van der Waals surface area contributed by atoms with Crippen LogP contribution in [0, 0.1) is 0 Å². The molecule has 0 rings (SSSR count). The van der Waals surface area contributed by atoms with E-state index < -0.39 is 11.7 Å². The van der Waals surface area contributed by atoms with Gasteiger partial charge in [0.25, 0.3) is 0 Å². The van der Waals surface area contributed by atoms with E-state index in [1.54, 1.807) is 6.92 Å². The predicted octanol–water partition coefficient (Wildman–Crippen LogP) is 1.08. The van der Waals surface area contributed by atoms with Crippen LogP contribution < -0.4 is 6.15 Å². The van der Waals surface area contributed by atoms with Gasteiger partial charge >= 0.3 is 0 Å². The molecule has 2 unspecified atom stereocenters. The maximum Gasteiger partial charge on any atom is 0.0874 e. The molecule has 0 aromatic rings. The first-order valence-corrected chi connectivity index (χ1v) is 3.45. The molecule has 3 heteroatoms. The van der Waals surface area contributed by atoms with E-state index in [2.05, 4.69) is 0 Å². The highest BCUT2D eigenvalue weighted by Crippen LogP contribution is 2.15. The van der Waals surface area contributed by atoms with Crippen LogP contribution in [0.5, 0.6) is 0 Å². The van der Waals surface area contributed by atoms with E-state index in [1.165, 1.54) is 0 Å². The van der Waals surface area contributed by atoms with Gasteiger partial charge in [0.1, 0.15) is 0 Å². The van der Waals surface area contributed by atoms with Gasteiger partial charge in [-0.3, -0.25) is 0 Å². The summed E-state index contributed by atoms with van der Waals surface area (Å²) < 4.78 is 0. The fourth-order valence-electron chi connectivity index (χ4n) is 0.675. The maximum atomic E-state index is 9.34. The molecule has 0 spiro atoms. The standard InChI is InChI=1S/C7H16O2.H3N/c1-4-6(8)7(3,9)5-2;/h6,8-9H,4-5H2,1-3H3;1H3. The molecule has 64 valence electrons. The number of hydrogen-bond donors (Lipinski definition) is 3. The second-order valence-electron chi connectivity index (χ2n) is 2.63. The quantitative estimate of drug-likeness (QED) is 0.562. The molecular weight excluding hydrogens is 130 g/mol. The van der Waals surface area contributed by atoms with Crippen LogP contribution in [-0.4, -0.2) is 21.9 Å². The van der Waals surface area contributed by atoms with Crippen molar-refractivity contribution in [2.45, 2.75) is 45.3 Å². The lowest BCUT2D eigenvalue weighted by atomic mass is 9.94. The minimum atomic E-state index is -0.894. The molecule has 10 heavy (non-hydrogen) atoms. The first-order chi connectivity index (χ1) is 4.04. The van der Waals surface area contributed by atoms with E-state index in [4.69, 9.17) is 5.11 Å². The Bertz CT molecular complexity index is 83.7. The van der Waals surface area contributed by atoms with Crippen molar-refractivity contribution in [3.63, 3.8) is 0 Å². The smallest absolute Gasteiger partial charge is 0.0874 e. The van der Waals surface area contributed by atoms with Gasteiger partial charge in [0.05, 0.1) is 11.7 Å². The molecule has 0 fully saturated rings. The van der Waals surface area contributed by atoms with Crippen LogP contribution in [0.4, 0.5) is 0 Å². The Kier molecular flexibility index (Phi) is 5.84. The minimum absolute atomic E-state index is 0. The van der Waals surface area contributed by atoms with Gasteiger partial charge in [-0.25, -0.2) is 0 Å². The number of rotatable bonds is 3. The fourth-order valence-corrected chi connectivity index (χ4v) is 0.675. The summed E-state index contributed by atoms with van der Waals surface area (Å²) in [7, 11) is 0. The molecule has 0 aliphatic carbocycles. The highest BCUT2D eigenvalue weighted by Gasteiger charge is 2.25. The Balaban J connectivity index is 0. The summed E-state index contributed by atoms with van der Waals surface area (Å²) >= 11 is 0. The SMILES string of the molecule is CCC(O)C(C)(O)CC.N. The summed E-state index contributed by atoms with van der Waals surface area (Å²) in [6.45, 7) is 5.37. The largest absolute Gasteiger partial charge is 0.390 e. The Hall–Kier alpha value is -0.120. The van der Waals surface area contributed by atoms with Gasteiger partial charge in [-0.05, 0) is 19.8 Å². The molecule has 0 aromatic heterocycles. The van der Waals surface area contributed by atoms with Gasteiger partial charge in [0.15, 0.2) is 0 Å². The first-order valence-electron chi connectivity index (χ1n) is 3.45. The lowest BCUT2D eigenvalue weighted by Crippen LogP contribution is -2.37. The summed E-state index contributed by atoms with van der Waals surface area (Å²) in [4.78, 5) is 0. The summed E-state index contributed by atoms with van der Waals surface area (Å²) in [5.74, 6) is 0. The second kappa shape index (κ2) is 4.66. The topological polar surface area (TPSA) is 75.5 Å². The van der Waals surface area contributed by atoms with Crippen molar-refractivity contribution in [2.75, 3.05) is 0 Å². The zero-order valence-electron chi connectivity index (χ0n) is 7.09. The van der Waals surface area contributed by atoms with E-state index in [-0.39, 0.29) is 6.15 Å². The molecule has 5 N–H and O–H groups in total. The van der Waals surface area contributed by atoms with Gasteiger partial charge < -0.3 is 16.4 Å². The molecule has 2 atom stereocenters. The highest BCUT2D eigenvalue weighted by atomic mass is 16.3. The highest BCUT2D eigenvalue weighted by molar-refractivity contribution is 4.78. The van der Waals surface area contributed by atoms with Crippen molar-refractivity contribution < 1.29 is 10.2 Å². The molecule has 0 aliphatic rings. The maximum absolute atomic E-state index is 9.34. The third-order valence-electron chi connectivity index (χ3n) is 1.82. The second-order valence-corrected chi connectivity index (χ2v) is 2.63. The van der Waals surface area contributed by atoms with Crippen molar-refractivity contribution in [3.05, 3.63) is 0 Å². The monoisotopic (exact) mass is 149 g/mol. The van der Waals surface area contributed by atoms with E-state index in [9.17, 15) is 5.11 Å². The molecule has 0 saturated heterocycles. The van der Waals surface area contributed by atoms with Crippen molar-refractivity contribution in [1.29, 1.82) is 0 Å². The van der Waals surface area contributed by atoms with Gasteiger partial charge in [-0.15, -0.1) is 0 Å². The molecule has 0 aromatic carbocycles. The molecule has 0 heterocycles. The number of aliphatic hydroxyl groups excluding tert-OH is 1. The third kappa shape index (κ3) is 3.15. The molecular formula is C7H19NO2. The summed E-state index contributed by atoms with van der Waals surface area (Å²) in [5.41, 5.74) is -0.894. The Morgan fingerprint density at radius 1 is 1.40 bits per heavy atom. The Labute approximate surface area is 62.7 Å². The predicted molar refractivity (Wildman–Crippen MR) is 42.2 cm³/mol. The zero-order chi connectivity index (χ0) is 7.49. The van der Waals surface area contributed by atoms with Crippen molar-refractivity contribution >= 4 is 0 Å². The van der Waals surface area contributed by atoms with Crippen molar-refractivity contribution in [2.24, 2.45) is 0 Å². The van der Waals surface area contributed by atoms with Crippen LogP contribution in [0.2, 0.25) is 0 Å². The van der Waals surface area contributed by atoms with Crippen molar-refractivity contribution in [3.8, 4) is 0 Å². The van der Waals surface area contributed by atoms with E-state index in [0.29, 0.717) is 12.8 Å². The van der Waals surface area contributed by atoms with Crippen molar-refractivity contribution in [1.82, 2.24) is 6.15 Å². The van der Waals surface area contributed by atoms with Crippen LogP contribution in [0.3, 0.4) is 0 Å². The van der Waals surface area contributed by atoms with E-state index in [0.717, 1.165) is 0 Å². The minimum Gasteiger partial charge on any atom is -0.390 e. The third-order valence-corrected chi connectivity index (χ3v) is 1.82. The normalized spacial score (nSPS) is 18.9. The van der Waals surface area contributed by atoms with Gasteiger partial charge in [-0.2, -0.15) is 0 Å². The molecule has 0 aliphatic heterocycles. The molecule has 0 saturated carbocycles. The fraction of sp³-hybridized carbons (Fsp3) is 1.00. The molecule has 0 radical (unpaired) electrons. The van der Waals surface area contributed by atoms with Gasteiger partial charge in [-0.1, -0.05) is 13.8 Å². The number of aliphatic hydroxyl groups is 2. The summed E-state index contributed by atoms with van der Waals surface area (Å²) in [5, 5.41) is 18.5. The summed E-state index contributed by atoms with van der Waals surface area (Å²) in [6, 6.07) is 0. The molecule has 0 bridgehead atoms.